The summed E-state index contributed by atoms with van der Waals surface area (Å²) >= 11 is 0. The molecule has 7 nitrogen and oxygen atoms in total. The number of rotatable bonds is 5. The minimum atomic E-state index is -0.933. The molecule has 1 aromatic heterocycles. The number of aryl methyl sites for hydroxylation is 1. The molecule has 0 radical (unpaired) electrons. The van der Waals surface area contributed by atoms with Gasteiger partial charge >= 0.3 is 12.0 Å². The van der Waals surface area contributed by atoms with Crippen LogP contribution in [0.3, 0.4) is 0 Å². The predicted octanol–water partition coefficient (Wildman–Crippen LogP) is -0.0600. The lowest BCUT2D eigenvalue weighted by Gasteiger charge is -2.09. The van der Waals surface area contributed by atoms with Crippen molar-refractivity contribution >= 4 is 12.0 Å². The van der Waals surface area contributed by atoms with Crippen LogP contribution < -0.4 is 10.6 Å². The first-order valence-corrected chi connectivity index (χ1v) is 5.21. The molecule has 3 N–H and O–H groups in total. The highest BCUT2D eigenvalue weighted by Crippen LogP contribution is 1.95. The van der Waals surface area contributed by atoms with E-state index < -0.39 is 11.9 Å². The molecular formula is C10H16N4O3. The van der Waals surface area contributed by atoms with Crippen LogP contribution in [0.5, 0.6) is 0 Å². The van der Waals surface area contributed by atoms with E-state index in [-0.39, 0.29) is 12.6 Å². The molecule has 2 amide bonds. The third kappa shape index (κ3) is 4.54. The Balaban J connectivity index is 2.24. The van der Waals surface area contributed by atoms with Crippen molar-refractivity contribution in [3.05, 3.63) is 18.0 Å². The summed E-state index contributed by atoms with van der Waals surface area (Å²) in [5.74, 6) is -1.53. The molecule has 0 aromatic carbocycles. The second kappa shape index (κ2) is 5.88. The van der Waals surface area contributed by atoms with Gasteiger partial charge in [-0.3, -0.25) is 9.48 Å². The number of carboxylic acid groups (broad SMARTS) is 1. The SMILES string of the molecule is CC(CNC(=O)NCc1cnn(C)c1)C(=O)O. The normalized spacial score (nSPS) is 11.9. The van der Waals surface area contributed by atoms with E-state index in [4.69, 9.17) is 5.11 Å². The summed E-state index contributed by atoms with van der Waals surface area (Å²) in [5, 5.41) is 17.7. The van der Waals surface area contributed by atoms with Crippen LogP contribution in [-0.4, -0.2) is 33.4 Å². The molecule has 0 aliphatic rings. The minimum absolute atomic E-state index is 0.105. The van der Waals surface area contributed by atoms with Gasteiger partial charge in [0.05, 0.1) is 12.1 Å². The van der Waals surface area contributed by atoms with Gasteiger partial charge in [-0.25, -0.2) is 4.79 Å². The van der Waals surface area contributed by atoms with E-state index in [1.165, 1.54) is 6.92 Å². The molecular weight excluding hydrogens is 224 g/mol. The van der Waals surface area contributed by atoms with Crippen molar-refractivity contribution in [3.8, 4) is 0 Å². The third-order valence-corrected chi connectivity index (χ3v) is 2.20. The van der Waals surface area contributed by atoms with Gasteiger partial charge in [0.2, 0.25) is 0 Å². The highest BCUT2D eigenvalue weighted by atomic mass is 16.4. The van der Waals surface area contributed by atoms with E-state index in [0.717, 1.165) is 5.56 Å². The molecule has 1 rings (SSSR count). The Bertz CT molecular complexity index is 402. The van der Waals surface area contributed by atoms with Gasteiger partial charge in [0.15, 0.2) is 0 Å². The molecule has 0 aliphatic carbocycles. The summed E-state index contributed by atoms with van der Waals surface area (Å²) in [7, 11) is 1.79. The Kier molecular flexibility index (Phi) is 4.50. The summed E-state index contributed by atoms with van der Waals surface area (Å²) in [4.78, 5) is 21.8. The van der Waals surface area contributed by atoms with Crippen molar-refractivity contribution in [2.75, 3.05) is 6.54 Å². The molecule has 1 unspecified atom stereocenters. The fourth-order valence-electron chi connectivity index (χ4n) is 1.14. The van der Waals surface area contributed by atoms with Gasteiger partial charge in [-0.15, -0.1) is 0 Å². The molecule has 0 saturated heterocycles. The fourth-order valence-corrected chi connectivity index (χ4v) is 1.14. The molecule has 0 aliphatic heterocycles. The summed E-state index contributed by atoms with van der Waals surface area (Å²) in [6.45, 7) is 2.00. The van der Waals surface area contributed by atoms with Crippen molar-refractivity contribution in [1.82, 2.24) is 20.4 Å². The van der Waals surface area contributed by atoms with E-state index in [1.54, 1.807) is 24.1 Å². The minimum Gasteiger partial charge on any atom is -0.481 e. The molecule has 7 heteroatoms. The summed E-state index contributed by atoms with van der Waals surface area (Å²) < 4.78 is 1.64. The van der Waals surface area contributed by atoms with Crippen LogP contribution in [0.15, 0.2) is 12.4 Å². The number of nitrogens with one attached hydrogen (secondary N) is 2. The first-order valence-electron chi connectivity index (χ1n) is 5.21. The Morgan fingerprint density at radius 3 is 2.76 bits per heavy atom. The second-order valence-electron chi connectivity index (χ2n) is 3.83. The van der Waals surface area contributed by atoms with E-state index in [2.05, 4.69) is 15.7 Å². The third-order valence-electron chi connectivity index (χ3n) is 2.20. The van der Waals surface area contributed by atoms with E-state index >= 15 is 0 Å². The molecule has 1 atom stereocenters. The lowest BCUT2D eigenvalue weighted by Crippen LogP contribution is -2.38. The first kappa shape index (κ1) is 13.0. The molecule has 17 heavy (non-hydrogen) atoms. The standard InChI is InChI=1S/C10H16N4O3/c1-7(9(15)16)3-11-10(17)12-4-8-5-13-14(2)6-8/h5-7H,3-4H2,1-2H3,(H,15,16)(H2,11,12,17). The fraction of sp³-hybridized carbons (Fsp3) is 0.500. The van der Waals surface area contributed by atoms with Gasteiger partial charge in [0.25, 0.3) is 0 Å². The van der Waals surface area contributed by atoms with Crippen molar-refractivity contribution in [2.45, 2.75) is 13.5 Å². The number of aromatic nitrogens is 2. The number of aliphatic carboxylic acids is 1. The number of hydrogen-bond donors (Lipinski definition) is 3. The van der Waals surface area contributed by atoms with Gasteiger partial charge in [-0.05, 0) is 0 Å². The van der Waals surface area contributed by atoms with E-state index in [1.807, 2.05) is 0 Å². The number of nitrogens with zero attached hydrogens (tertiary/aromatic N) is 2. The number of carbonyl (C=O) groups excluding carboxylic acids is 1. The lowest BCUT2D eigenvalue weighted by atomic mass is 10.2. The smallest absolute Gasteiger partial charge is 0.315 e. The molecule has 94 valence electrons. The number of amides is 2. The molecule has 0 bridgehead atoms. The summed E-state index contributed by atoms with van der Waals surface area (Å²) in [6.07, 6.45) is 3.44. The van der Waals surface area contributed by atoms with Gasteiger partial charge in [0.1, 0.15) is 0 Å². The maximum atomic E-state index is 11.3. The molecule has 1 heterocycles. The Morgan fingerprint density at radius 1 is 1.53 bits per heavy atom. The summed E-state index contributed by atoms with van der Waals surface area (Å²) in [6, 6.07) is -0.387. The monoisotopic (exact) mass is 240 g/mol. The highest BCUT2D eigenvalue weighted by molar-refractivity contribution is 5.75. The van der Waals surface area contributed by atoms with Gasteiger partial charge < -0.3 is 15.7 Å². The first-order chi connectivity index (χ1) is 7.99. The molecule has 1 aromatic rings. The molecule has 0 spiro atoms. The van der Waals surface area contributed by atoms with E-state index in [0.29, 0.717) is 6.54 Å². The van der Waals surface area contributed by atoms with Crippen LogP contribution in [0.2, 0.25) is 0 Å². The maximum Gasteiger partial charge on any atom is 0.315 e. The summed E-state index contributed by atoms with van der Waals surface area (Å²) in [5.41, 5.74) is 0.883. The zero-order valence-electron chi connectivity index (χ0n) is 9.80. The van der Waals surface area contributed by atoms with Crippen molar-refractivity contribution < 1.29 is 14.7 Å². The van der Waals surface area contributed by atoms with Crippen molar-refractivity contribution in [2.24, 2.45) is 13.0 Å². The van der Waals surface area contributed by atoms with Crippen LogP contribution in [-0.2, 0) is 18.4 Å². The average Bonchev–Trinajstić information content (AvgIpc) is 2.69. The van der Waals surface area contributed by atoms with Crippen LogP contribution in [0, 0.1) is 5.92 Å². The Labute approximate surface area is 98.8 Å². The molecule has 0 saturated carbocycles. The molecule has 0 fully saturated rings. The Hall–Kier alpha value is -2.05. The van der Waals surface area contributed by atoms with Crippen LogP contribution >= 0.6 is 0 Å². The quantitative estimate of drug-likeness (QED) is 0.671. The van der Waals surface area contributed by atoms with Crippen LogP contribution in [0.25, 0.3) is 0 Å². The zero-order chi connectivity index (χ0) is 12.8. The van der Waals surface area contributed by atoms with Gasteiger partial charge in [0, 0.05) is 31.9 Å². The second-order valence-corrected chi connectivity index (χ2v) is 3.83. The number of carboxylic acids is 1. The lowest BCUT2D eigenvalue weighted by molar-refractivity contribution is -0.140. The number of hydrogen-bond acceptors (Lipinski definition) is 3. The van der Waals surface area contributed by atoms with Crippen molar-refractivity contribution in [3.63, 3.8) is 0 Å². The topological polar surface area (TPSA) is 96.3 Å². The largest absolute Gasteiger partial charge is 0.481 e. The Morgan fingerprint density at radius 2 is 2.24 bits per heavy atom. The van der Waals surface area contributed by atoms with Crippen LogP contribution in [0.1, 0.15) is 12.5 Å². The average molecular weight is 240 g/mol. The maximum absolute atomic E-state index is 11.3. The predicted molar refractivity (Wildman–Crippen MR) is 60.2 cm³/mol. The van der Waals surface area contributed by atoms with Crippen molar-refractivity contribution in [1.29, 1.82) is 0 Å². The van der Waals surface area contributed by atoms with E-state index in [9.17, 15) is 9.59 Å². The highest BCUT2D eigenvalue weighted by Gasteiger charge is 2.11. The zero-order valence-corrected chi connectivity index (χ0v) is 9.80. The van der Waals surface area contributed by atoms with Crippen LogP contribution in [0.4, 0.5) is 4.79 Å². The van der Waals surface area contributed by atoms with Gasteiger partial charge in [-0.1, -0.05) is 6.92 Å². The number of urea groups is 1. The number of carbonyl (C=O) groups is 2. The van der Waals surface area contributed by atoms with Gasteiger partial charge in [-0.2, -0.15) is 5.10 Å².